The van der Waals surface area contributed by atoms with Crippen molar-refractivity contribution in [3.05, 3.63) is 0 Å². The van der Waals surface area contributed by atoms with Crippen molar-refractivity contribution < 1.29 is 0 Å². The third-order valence-electron chi connectivity index (χ3n) is 13.4. The van der Waals surface area contributed by atoms with Crippen LogP contribution in [0.3, 0.4) is 0 Å². The lowest BCUT2D eigenvalue weighted by atomic mass is 9.86. The van der Waals surface area contributed by atoms with Gasteiger partial charge in [-0.25, -0.2) is 0 Å². The molecule has 0 aromatic rings. The van der Waals surface area contributed by atoms with Crippen molar-refractivity contribution >= 4 is 70.6 Å². The Hall–Kier alpha value is 1.38. The zero-order valence-electron chi connectivity index (χ0n) is 45.5. The highest BCUT2D eigenvalue weighted by Crippen LogP contribution is 2.40. The van der Waals surface area contributed by atoms with Crippen LogP contribution in [-0.2, 0) is 0 Å². The van der Waals surface area contributed by atoms with Crippen molar-refractivity contribution in [2.75, 3.05) is 152 Å². The van der Waals surface area contributed by atoms with Crippen molar-refractivity contribution in [1.82, 2.24) is 31.9 Å². The number of hydrogen-bond acceptors (Lipinski definition) is 24. The van der Waals surface area contributed by atoms with Crippen molar-refractivity contribution in [1.29, 1.82) is 0 Å². The zero-order valence-corrected chi connectivity index (χ0v) is 50.4. The lowest BCUT2D eigenvalue weighted by molar-refractivity contribution is 0.243. The van der Waals surface area contributed by atoms with Gasteiger partial charge in [-0.2, -0.15) is 70.6 Å². The van der Waals surface area contributed by atoms with Crippen LogP contribution in [-0.4, -0.2) is 220 Å². The summed E-state index contributed by atoms with van der Waals surface area (Å²) in [4.78, 5) is 0. The molecule has 0 radical (unpaired) electrons. The Balaban J connectivity index is 0.000000438. The molecule has 0 aliphatic heterocycles. The number of nitrogens with two attached hydrogens (primary N) is 12. The highest BCUT2D eigenvalue weighted by atomic mass is 32.2. The van der Waals surface area contributed by atoms with E-state index in [-0.39, 0.29) is 0 Å². The van der Waals surface area contributed by atoms with Crippen molar-refractivity contribution in [2.24, 2.45) is 68.8 Å². The standard InChI is InChI=1S/C9H20N2S2.3C8H20N4.2C8H18N2S2/c10-4-6-12-8-2-1-3-9(8)13-7-5-11;9-1-3-11-7-5-8(6-7)12-4-2-10;2*9-3-5-11-7-1-2-8(7)12-6-4-10;9-1-3-11-7-5-8(6-7)12-4-2-10;9-3-5-11-7-1-2-8(7)12-6-4-10/h8-9H,1-7,10-11H2;3*7-8,11-12H,1-6,9-10H2;2*7-8H,1-6,9-10H2. The first-order valence-corrected chi connectivity index (χ1v) is 34.6. The molecule has 0 spiro atoms. The van der Waals surface area contributed by atoms with Gasteiger partial charge in [0.2, 0.25) is 0 Å². The van der Waals surface area contributed by atoms with Gasteiger partial charge in [0.05, 0.1) is 0 Å². The molecule has 0 saturated heterocycles. The quantitative estimate of drug-likeness (QED) is 0.0355. The normalized spacial score (nSPS) is 28.4. The van der Waals surface area contributed by atoms with Crippen LogP contribution in [0.15, 0.2) is 0 Å². The molecule has 30 N–H and O–H groups in total. The Morgan fingerprint density at radius 3 is 0.740 bits per heavy atom. The molecule has 6 rings (SSSR count). The molecule has 8 unspecified atom stereocenters. The molecule has 438 valence electrons. The Morgan fingerprint density at radius 1 is 0.260 bits per heavy atom. The number of thioether (sulfide) groups is 6. The Bertz CT molecular complexity index is 989. The number of hydrogen-bond donors (Lipinski definition) is 18. The summed E-state index contributed by atoms with van der Waals surface area (Å²) in [5.41, 5.74) is 65.1. The maximum absolute atomic E-state index is 5.50. The molecule has 73 heavy (non-hydrogen) atoms. The van der Waals surface area contributed by atoms with E-state index in [1.807, 2.05) is 47.0 Å². The van der Waals surface area contributed by atoms with Crippen LogP contribution in [0.1, 0.15) is 83.5 Å². The van der Waals surface area contributed by atoms with Crippen LogP contribution in [0, 0.1) is 0 Å². The molecule has 0 aromatic heterocycles. The Kier molecular flexibility index (Phi) is 51.1. The molecular formula is C49H116N18S6. The minimum Gasteiger partial charge on any atom is -0.330 e. The van der Waals surface area contributed by atoms with E-state index in [0.29, 0.717) is 36.3 Å². The minimum absolute atomic E-state index is 0.625. The second-order valence-corrected chi connectivity index (χ2v) is 27.4. The summed E-state index contributed by atoms with van der Waals surface area (Å²) in [6.45, 7) is 14.8. The predicted octanol–water partition coefficient (Wildman–Crippen LogP) is -1.06. The molecule has 6 aliphatic carbocycles. The average Bonchev–Trinajstić information content (AvgIpc) is 3.81. The zero-order chi connectivity index (χ0) is 53.6. The van der Waals surface area contributed by atoms with Crippen LogP contribution in [0.2, 0.25) is 0 Å². The largest absolute Gasteiger partial charge is 0.330 e. The van der Waals surface area contributed by atoms with E-state index in [9.17, 15) is 0 Å². The monoisotopic (exact) mass is 1150 g/mol. The molecule has 6 aliphatic rings. The number of rotatable bonds is 36. The lowest BCUT2D eigenvalue weighted by Crippen LogP contribution is -2.56. The third-order valence-corrected chi connectivity index (χ3v) is 22.2. The van der Waals surface area contributed by atoms with Gasteiger partial charge in [0.15, 0.2) is 0 Å². The summed E-state index contributed by atoms with van der Waals surface area (Å²) in [5.74, 6) is 6.71. The van der Waals surface area contributed by atoms with Crippen LogP contribution in [0.25, 0.3) is 0 Å². The summed E-state index contributed by atoms with van der Waals surface area (Å²) < 4.78 is 0. The van der Waals surface area contributed by atoms with Crippen molar-refractivity contribution in [3.63, 3.8) is 0 Å². The van der Waals surface area contributed by atoms with E-state index in [0.717, 1.165) is 184 Å². The summed E-state index contributed by atoms with van der Waals surface area (Å²) in [7, 11) is 0. The maximum Gasteiger partial charge on any atom is 0.0222 e. The number of nitrogens with one attached hydrogen (secondary N) is 6. The first-order valence-electron chi connectivity index (χ1n) is 28.3. The van der Waals surface area contributed by atoms with Gasteiger partial charge < -0.3 is 101 Å². The SMILES string of the molecule is NCCNC1CC(NCCN)C1.NCCNC1CCC1NCCN.NCCNC1CCC1NCCN.NCCSC1CC(SCCN)C1.NCCSC1CCC1SCCN.NCCSC1CCCC1SCCN. The van der Waals surface area contributed by atoms with E-state index < -0.39 is 0 Å². The smallest absolute Gasteiger partial charge is 0.0222 e. The predicted molar refractivity (Wildman–Crippen MR) is 337 cm³/mol. The van der Waals surface area contributed by atoms with E-state index in [4.69, 9.17) is 68.8 Å². The fourth-order valence-corrected chi connectivity index (χ4v) is 16.8. The van der Waals surface area contributed by atoms with Gasteiger partial charge in [-0.3, -0.25) is 0 Å². The first-order chi connectivity index (χ1) is 35.7. The highest BCUT2D eigenvalue weighted by Gasteiger charge is 2.32. The van der Waals surface area contributed by atoms with E-state index >= 15 is 0 Å². The summed E-state index contributed by atoms with van der Waals surface area (Å²) in [6, 6.07) is 3.87. The van der Waals surface area contributed by atoms with Crippen LogP contribution in [0.5, 0.6) is 0 Å². The molecule has 0 heterocycles. The highest BCUT2D eigenvalue weighted by molar-refractivity contribution is 8.04. The molecule has 0 amide bonds. The summed E-state index contributed by atoms with van der Waals surface area (Å²) >= 11 is 12.2. The molecule has 8 atom stereocenters. The van der Waals surface area contributed by atoms with Crippen molar-refractivity contribution in [3.8, 4) is 0 Å². The molecule has 18 nitrogen and oxygen atoms in total. The average molecular weight is 1150 g/mol. The second-order valence-electron chi connectivity index (χ2n) is 19.2. The van der Waals surface area contributed by atoms with Gasteiger partial charge >= 0.3 is 0 Å². The third kappa shape index (κ3) is 35.7. The van der Waals surface area contributed by atoms with E-state index in [1.54, 1.807) is 0 Å². The fourth-order valence-electron chi connectivity index (χ4n) is 8.81. The fraction of sp³-hybridized carbons (Fsp3) is 1.00. The topological polar surface area (TPSA) is 384 Å². The van der Waals surface area contributed by atoms with Gasteiger partial charge in [0.25, 0.3) is 0 Å². The summed E-state index contributed by atoms with van der Waals surface area (Å²) in [5, 5.41) is 25.6. The molecule has 24 heteroatoms. The van der Waals surface area contributed by atoms with Gasteiger partial charge in [-0.15, -0.1) is 0 Å². The molecule has 6 saturated carbocycles. The summed E-state index contributed by atoms with van der Waals surface area (Å²) in [6.07, 6.45) is 17.2. The van der Waals surface area contributed by atoms with Crippen LogP contribution < -0.4 is 101 Å². The van der Waals surface area contributed by atoms with Crippen LogP contribution >= 0.6 is 70.6 Å². The first kappa shape index (κ1) is 72.4. The van der Waals surface area contributed by atoms with E-state index in [1.165, 1.54) is 83.5 Å². The molecule has 0 bridgehead atoms. The molecule has 0 aromatic carbocycles. The molecule has 6 fully saturated rings. The van der Waals surface area contributed by atoms with Gasteiger partial charge in [0.1, 0.15) is 0 Å². The van der Waals surface area contributed by atoms with Gasteiger partial charge in [-0.1, -0.05) is 6.42 Å². The van der Waals surface area contributed by atoms with E-state index in [2.05, 4.69) is 55.4 Å². The Labute approximate surface area is 471 Å². The molecular weight excluding hydrogens is 1030 g/mol. The Morgan fingerprint density at radius 2 is 0.507 bits per heavy atom. The second kappa shape index (κ2) is 51.5. The lowest BCUT2D eigenvalue weighted by Gasteiger charge is -2.38. The maximum atomic E-state index is 5.50. The minimum atomic E-state index is 0.625. The van der Waals surface area contributed by atoms with Crippen molar-refractivity contribution in [2.45, 2.75) is 151 Å². The van der Waals surface area contributed by atoms with Gasteiger partial charge in [-0.05, 0) is 77.0 Å². The van der Waals surface area contributed by atoms with Crippen LogP contribution in [0.4, 0.5) is 0 Å². The van der Waals surface area contributed by atoms with Gasteiger partial charge in [0, 0.05) is 220 Å².